The molecule has 1 aromatic rings. The number of nitro groups is 1. The summed E-state index contributed by atoms with van der Waals surface area (Å²) >= 11 is 0. The number of non-ortho nitro benzene ring substituents is 1. The van der Waals surface area contributed by atoms with E-state index in [4.69, 9.17) is 4.74 Å². The molecule has 0 aliphatic carbocycles. The summed E-state index contributed by atoms with van der Waals surface area (Å²) in [7, 11) is 0. The lowest BCUT2D eigenvalue weighted by atomic mass is 10.2. The number of carbonyl (C=O) groups is 3. The molecule has 0 aromatic heterocycles. The molecule has 110 valence electrons. The highest BCUT2D eigenvalue weighted by molar-refractivity contribution is 6.01. The van der Waals surface area contributed by atoms with E-state index in [2.05, 4.69) is 4.84 Å². The molecular formula is C12H10N2O7. The van der Waals surface area contributed by atoms with Crippen molar-refractivity contribution >= 4 is 23.7 Å². The summed E-state index contributed by atoms with van der Waals surface area (Å²) in [5.74, 6) is -1.21. The van der Waals surface area contributed by atoms with Gasteiger partial charge in [-0.3, -0.25) is 24.5 Å². The van der Waals surface area contributed by atoms with Crippen LogP contribution in [0.1, 0.15) is 18.4 Å². The Morgan fingerprint density at radius 1 is 1.19 bits per heavy atom. The summed E-state index contributed by atoms with van der Waals surface area (Å²) in [6, 6.07) is 5.35. The van der Waals surface area contributed by atoms with Crippen LogP contribution in [0.3, 0.4) is 0 Å². The Hall–Kier alpha value is -2.97. The maximum Gasteiger partial charge on any atom is 0.534 e. The van der Waals surface area contributed by atoms with Gasteiger partial charge < -0.3 is 4.74 Å². The molecule has 0 spiro atoms. The Morgan fingerprint density at radius 2 is 1.76 bits per heavy atom. The van der Waals surface area contributed by atoms with Crippen LogP contribution in [-0.2, 0) is 25.8 Å². The number of rotatable bonds is 4. The average molecular weight is 294 g/mol. The molecule has 0 unspecified atom stereocenters. The summed E-state index contributed by atoms with van der Waals surface area (Å²) in [5.41, 5.74) is 0.409. The van der Waals surface area contributed by atoms with Crippen molar-refractivity contribution < 1.29 is 28.9 Å². The quantitative estimate of drug-likeness (QED) is 0.355. The molecule has 9 nitrogen and oxygen atoms in total. The van der Waals surface area contributed by atoms with Crippen molar-refractivity contribution in [3.63, 3.8) is 0 Å². The Morgan fingerprint density at radius 3 is 2.29 bits per heavy atom. The Balaban J connectivity index is 1.85. The molecule has 0 atom stereocenters. The second-order valence-corrected chi connectivity index (χ2v) is 4.14. The summed E-state index contributed by atoms with van der Waals surface area (Å²) in [4.78, 5) is 48.1. The van der Waals surface area contributed by atoms with Gasteiger partial charge in [-0.2, -0.15) is 0 Å². The van der Waals surface area contributed by atoms with E-state index in [0.717, 1.165) is 0 Å². The Kier molecular flexibility index (Phi) is 4.12. The highest BCUT2D eigenvalue weighted by Crippen LogP contribution is 2.14. The first kappa shape index (κ1) is 14.4. The fraction of sp³-hybridized carbons (Fsp3) is 0.250. The number of carbonyl (C=O) groups excluding carboxylic acids is 3. The van der Waals surface area contributed by atoms with E-state index in [1.165, 1.54) is 24.3 Å². The Bertz CT molecular complexity index is 580. The van der Waals surface area contributed by atoms with Gasteiger partial charge in [-0.25, -0.2) is 4.79 Å². The molecule has 0 radical (unpaired) electrons. The number of nitro benzene ring substituents is 1. The average Bonchev–Trinajstić information content (AvgIpc) is 2.77. The van der Waals surface area contributed by atoms with Crippen LogP contribution in [-0.4, -0.2) is 28.0 Å². The first-order valence-corrected chi connectivity index (χ1v) is 5.91. The normalized spacial score (nSPS) is 14.2. The van der Waals surface area contributed by atoms with E-state index in [9.17, 15) is 24.5 Å². The van der Waals surface area contributed by atoms with Crippen LogP contribution < -0.4 is 0 Å². The maximum atomic E-state index is 11.3. The van der Waals surface area contributed by atoms with Gasteiger partial charge in [0.15, 0.2) is 0 Å². The maximum absolute atomic E-state index is 11.3. The summed E-state index contributed by atoms with van der Waals surface area (Å²) in [6.45, 7) is -0.201. The predicted molar refractivity (Wildman–Crippen MR) is 65.5 cm³/mol. The zero-order chi connectivity index (χ0) is 15.4. The minimum absolute atomic E-state index is 0.00549. The minimum atomic E-state index is -1.20. The van der Waals surface area contributed by atoms with E-state index < -0.39 is 22.9 Å². The van der Waals surface area contributed by atoms with Gasteiger partial charge in [0.05, 0.1) is 4.92 Å². The highest BCUT2D eigenvalue weighted by atomic mass is 16.8. The number of hydrogen-bond donors (Lipinski definition) is 0. The molecule has 9 heteroatoms. The van der Waals surface area contributed by atoms with Gasteiger partial charge in [-0.15, -0.1) is 0 Å². The lowest BCUT2D eigenvalue weighted by molar-refractivity contribution is -0.384. The van der Waals surface area contributed by atoms with E-state index in [-0.39, 0.29) is 25.1 Å². The first-order chi connectivity index (χ1) is 9.97. The molecule has 0 bridgehead atoms. The van der Waals surface area contributed by atoms with Crippen molar-refractivity contribution in [3.05, 3.63) is 39.9 Å². The van der Waals surface area contributed by atoms with Gasteiger partial charge in [0.25, 0.3) is 17.5 Å². The summed E-state index contributed by atoms with van der Waals surface area (Å²) in [6.07, 6.45) is -1.21. The van der Waals surface area contributed by atoms with Crippen molar-refractivity contribution in [2.75, 3.05) is 0 Å². The van der Waals surface area contributed by atoms with Crippen LogP contribution in [0.4, 0.5) is 10.5 Å². The van der Waals surface area contributed by atoms with Crippen LogP contribution in [0.5, 0.6) is 0 Å². The van der Waals surface area contributed by atoms with Crippen LogP contribution in [0.2, 0.25) is 0 Å². The largest absolute Gasteiger partial charge is 0.534 e. The Labute approximate surface area is 118 Å². The third-order valence-corrected chi connectivity index (χ3v) is 2.68. The third kappa shape index (κ3) is 3.53. The smallest absolute Gasteiger partial charge is 0.428 e. The standard InChI is InChI=1S/C12H10N2O7/c15-10-5-6-11(16)13(10)21-12(17)20-7-8-1-3-9(4-2-8)14(18)19/h1-4H,5-7H2. The van der Waals surface area contributed by atoms with E-state index >= 15 is 0 Å². The van der Waals surface area contributed by atoms with Gasteiger partial charge in [0.1, 0.15) is 6.61 Å². The van der Waals surface area contributed by atoms with Gasteiger partial charge in [-0.05, 0) is 17.7 Å². The topological polar surface area (TPSA) is 116 Å². The van der Waals surface area contributed by atoms with Crippen molar-refractivity contribution in [3.8, 4) is 0 Å². The first-order valence-electron chi connectivity index (χ1n) is 5.91. The molecule has 1 aromatic carbocycles. The van der Waals surface area contributed by atoms with Crippen molar-refractivity contribution in [2.24, 2.45) is 0 Å². The fourth-order valence-corrected chi connectivity index (χ4v) is 1.61. The minimum Gasteiger partial charge on any atom is -0.428 e. The van der Waals surface area contributed by atoms with Gasteiger partial charge >= 0.3 is 6.16 Å². The lowest BCUT2D eigenvalue weighted by Crippen LogP contribution is -2.32. The number of hydrogen-bond acceptors (Lipinski definition) is 7. The van der Waals surface area contributed by atoms with Gasteiger partial charge in [0, 0.05) is 25.0 Å². The molecule has 2 rings (SSSR count). The van der Waals surface area contributed by atoms with E-state index in [0.29, 0.717) is 10.6 Å². The zero-order valence-corrected chi connectivity index (χ0v) is 10.7. The van der Waals surface area contributed by atoms with Crippen LogP contribution in [0.25, 0.3) is 0 Å². The van der Waals surface area contributed by atoms with E-state index in [1.807, 2.05) is 0 Å². The lowest BCUT2D eigenvalue weighted by Gasteiger charge is -2.12. The third-order valence-electron chi connectivity index (χ3n) is 2.68. The number of amides is 2. The van der Waals surface area contributed by atoms with Crippen LogP contribution >= 0.6 is 0 Å². The molecule has 1 heterocycles. The van der Waals surface area contributed by atoms with Gasteiger partial charge in [-0.1, -0.05) is 5.06 Å². The molecular weight excluding hydrogens is 284 g/mol. The molecule has 1 saturated heterocycles. The van der Waals surface area contributed by atoms with E-state index in [1.54, 1.807) is 0 Å². The monoisotopic (exact) mass is 294 g/mol. The summed E-state index contributed by atoms with van der Waals surface area (Å²) in [5, 5.41) is 10.8. The van der Waals surface area contributed by atoms with Crippen LogP contribution in [0, 0.1) is 10.1 Å². The number of imide groups is 1. The van der Waals surface area contributed by atoms with Crippen molar-refractivity contribution in [1.29, 1.82) is 0 Å². The van der Waals surface area contributed by atoms with Crippen LogP contribution in [0.15, 0.2) is 24.3 Å². The number of benzene rings is 1. The second kappa shape index (κ2) is 5.99. The highest BCUT2D eigenvalue weighted by Gasteiger charge is 2.33. The zero-order valence-electron chi connectivity index (χ0n) is 10.7. The molecule has 0 saturated carbocycles. The number of hydroxylamine groups is 2. The second-order valence-electron chi connectivity index (χ2n) is 4.14. The summed E-state index contributed by atoms with van der Waals surface area (Å²) < 4.78 is 4.71. The number of ether oxygens (including phenoxy) is 1. The van der Waals surface area contributed by atoms with Crippen molar-refractivity contribution in [2.45, 2.75) is 19.4 Å². The molecule has 0 N–H and O–H groups in total. The van der Waals surface area contributed by atoms with Crippen molar-refractivity contribution in [1.82, 2.24) is 5.06 Å². The fourth-order valence-electron chi connectivity index (χ4n) is 1.61. The molecule has 1 aliphatic rings. The molecule has 21 heavy (non-hydrogen) atoms. The molecule has 1 aliphatic heterocycles. The van der Waals surface area contributed by atoms with Gasteiger partial charge in [0.2, 0.25) is 0 Å². The predicted octanol–water partition coefficient (Wildman–Crippen LogP) is 1.31. The molecule has 1 fully saturated rings. The molecule has 2 amide bonds. The number of nitrogens with zero attached hydrogens (tertiary/aromatic N) is 2. The SMILES string of the molecule is O=C(OCc1ccc([N+](=O)[O-])cc1)ON1C(=O)CCC1=O.